The van der Waals surface area contributed by atoms with Crippen molar-refractivity contribution in [2.45, 2.75) is 19.4 Å². The van der Waals surface area contributed by atoms with Gasteiger partial charge in [0, 0.05) is 37.8 Å². The average Bonchev–Trinajstić information content (AvgIpc) is 3.47. The molecule has 1 N–H and O–H groups in total. The Kier molecular flexibility index (Phi) is 4.36. The largest absolute Gasteiger partial charge is 0.328 e. The maximum Gasteiger partial charge on any atom is 0.328 e. The Bertz CT molecular complexity index is 1320. The quantitative estimate of drug-likeness (QED) is 0.569. The molecule has 1 unspecified atom stereocenters. The standard InChI is InChI=1S/C23H24FN5O/c1-14-10-15(4-6-18(14)24)21-22(29(13-26-21)17-8-9-25-12-17)16-5-7-19-20(11-16)28(3)23(30)27(19)2/h4-7,10-11,13,17,25H,8-9,12H2,1-3H3. The van der Waals surface area contributed by atoms with Crippen LogP contribution in [0.2, 0.25) is 0 Å². The number of rotatable bonds is 3. The van der Waals surface area contributed by atoms with Crippen LogP contribution in [-0.2, 0) is 14.1 Å². The molecule has 0 saturated carbocycles. The van der Waals surface area contributed by atoms with Crippen molar-refractivity contribution < 1.29 is 4.39 Å². The van der Waals surface area contributed by atoms with Crippen molar-refractivity contribution in [3.05, 3.63) is 64.6 Å². The highest BCUT2D eigenvalue weighted by molar-refractivity contribution is 5.86. The molecule has 0 bridgehead atoms. The highest BCUT2D eigenvalue weighted by Crippen LogP contribution is 2.36. The molecule has 5 rings (SSSR count). The molecule has 0 spiro atoms. The second kappa shape index (κ2) is 6.95. The zero-order valence-electron chi connectivity index (χ0n) is 17.3. The average molecular weight is 405 g/mol. The van der Waals surface area contributed by atoms with Crippen molar-refractivity contribution >= 4 is 11.0 Å². The summed E-state index contributed by atoms with van der Waals surface area (Å²) in [6.45, 7) is 3.62. The van der Waals surface area contributed by atoms with E-state index >= 15 is 0 Å². The summed E-state index contributed by atoms with van der Waals surface area (Å²) in [4.78, 5) is 17.1. The number of aryl methyl sites for hydroxylation is 3. The summed E-state index contributed by atoms with van der Waals surface area (Å²) in [5.74, 6) is -0.222. The van der Waals surface area contributed by atoms with E-state index in [1.807, 2.05) is 30.6 Å². The van der Waals surface area contributed by atoms with E-state index in [2.05, 4.69) is 9.88 Å². The van der Waals surface area contributed by atoms with Crippen molar-refractivity contribution in [1.82, 2.24) is 24.0 Å². The maximum absolute atomic E-state index is 13.9. The zero-order chi connectivity index (χ0) is 21.0. The topological polar surface area (TPSA) is 56.8 Å². The second-order valence-corrected chi connectivity index (χ2v) is 8.06. The summed E-state index contributed by atoms with van der Waals surface area (Å²) in [7, 11) is 3.57. The lowest BCUT2D eigenvalue weighted by Crippen LogP contribution is -2.19. The first-order valence-corrected chi connectivity index (χ1v) is 10.2. The molecule has 30 heavy (non-hydrogen) atoms. The van der Waals surface area contributed by atoms with E-state index in [-0.39, 0.29) is 11.5 Å². The Hall–Kier alpha value is -3.19. The lowest BCUT2D eigenvalue weighted by Gasteiger charge is -2.16. The Balaban J connectivity index is 1.75. The third kappa shape index (κ3) is 2.81. The van der Waals surface area contributed by atoms with Crippen molar-refractivity contribution in [3.63, 3.8) is 0 Å². The summed E-state index contributed by atoms with van der Waals surface area (Å²) in [6.07, 6.45) is 2.91. The van der Waals surface area contributed by atoms with Gasteiger partial charge >= 0.3 is 5.69 Å². The van der Waals surface area contributed by atoms with Crippen LogP contribution in [0.5, 0.6) is 0 Å². The predicted octanol–water partition coefficient (Wildman–Crippen LogP) is 3.39. The first-order chi connectivity index (χ1) is 14.5. The van der Waals surface area contributed by atoms with E-state index in [0.29, 0.717) is 11.6 Å². The van der Waals surface area contributed by atoms with E-state index in [4.69, 9.17) is 4.98 Å². The molecule has 1 fully saturated rings. The summed E-state index contributed by atoms with van der Waals surface area (Å²) in [5, 5.41) is 3.42. The number of halogens is 1. The number of fused-ring (bicyclic) bond motifs is 1. The third-order valence-electron chi connectivity index (χ3n) is 6.20. The molecule has 0 aliphatic carbocycles. The fourth-order valence-corrected chi connectivity index (χ4v) is 4.46. The molecule has 1 aliphatic heterocycles. The number of aromatic nitrogens is 4. The summed E-state index contributed by atoms with van der Waals surface area (Å²) in [6, 6.07) is 11.5. The van der Waals surface area contributed by atoms with Crippen molar-refractivity contribution in [2.24, 2.45) is 14.1 Å². The maximum atomic E-state index is 13.9. The molecule has 1 atom stereocenters. The number of nitrogens with one attached hydrogen (secondary N) is 1. The van der Waals surface area contributed by atoms with Crippen LogP contribution in [0.3, 0.4) is 0 Å². The SMILES string of the molecule is Cc1cc(-c2ncn(C3CCNC3)c2-c2ccc3c(c2)n(C)c(=O)n3C)ccc1F. The molecular formula is C23H24FN5O. The fraction of sp³-hybridized carbons (Fsp3) is 0.304. The number of hydrogen-bond donors (Lipinski definition) is 1. The normalized spacial score (nSPS) is 16.6. The Labute approximate surface area is 173 Å². The molecule has 4 aromatic rings. The van der Waals surface area contributed by atoms with E-state index < -0.39 is 0 Å². The predicted molar refractivity (Wildman–Crippen MR) is 116 cm³/mol. The zero-order valence-corrected chi connectivity index (χ0v) is 17.3. The van der Waals surface area contributed by atoms with Crippen LogP contribution in [0.25, 0.3) is 33.5 Å². The van der Waals surface area contributed by atoms with E-state index in [1.54, 1.807) is 36.2 Å². The van der Waals surface area contributed by atoms with Gasteiger partial charge in [-0.3, -0.25) is 9.13 Å². The number of nitrogens with zero attached hydrogens (tertiary/aromatic N) is 4. The van der Waals surface area contributed by atoms with Crippen molar-refractivity contribution in [3.8, 4) is 22.5 Å². The molecule has 2 aromatic carbocycles. The summed E-state index contributed by atoms with van der Waals surface area (Å²) < 4.78 is 19.4. The molecule has 6 nitrogen and oxygen atoms in total. The van der Waals surface area contributed by atoms with E-state index in [9.17, 15) is 9.18 Å². The van der Waals surface area contributed by atoms with Gasteiger partial charge in [0.1, 0.15) is 5.82 Å². The van der Waals surface area contributed by atoms with Crippen LogP contribution in [0.4, 0.5) is 4.39 Å². The molecule has 154 valence electrons. The van der Waals surface area contributed by atoms with E-state index in [0.717, 1.165) is 53.1 Å². The van der Waals surface area contributed by atoms with Gasteiger partial charge in [-0.1, -0.05) is 6.07 Å². The minimum Gasteiger partial charge on any atom is -0.326 e. The van der Waals surface area contributed by atoms with Crippen molar-refractivity contribution in [1.29, 1.82) is 0 Å². The Morgan fingerprint density at radius 1 is 1.07 bits per heavy atom. The Morgan fingerprint density at radius 3 is 2.57 bits per heavy atom. The van der Waals surface area contributed by atoms with Gasteiger partial charge in [-0.15, -0.1) is 0 Å². The molecule has 1 aliphatic rings. The molecule has 2 aromatic heterocycles. The van der Waals surface area contributed by atoms with Gasteiger partial charge in [0.05, 0.1) is 28.7 Å². The first-order valence-electron chi connectivity index (χ1n) is 10.2. The third-order valence-corrected chi connectivity index (χ3v) is 6.20. The number of imidazole rings is 2. The monoisotopic (exact) mass is 405 g/mol. The van der Waals surface area contributed by atoms with Gasteiger partial charge in [-0.25, -0.2) is 14.2 Å². The lowest BCUT2D eigenvalue weighted by molar-refractivity contribution is 0.551. The highest BCUT2D eigenvalue weighted by atomic mass is 19.1. The number of hydrogen-bond acceptors (Lipinski definition) is 3. The van der Waals surface area contributed by atoms with Crippen LogP contribution < -0.4 is 11.0 Å². The molecule has 0 amide bonds. The lowest BCUT2D eigenvalue weighted by atomic mass is 10.0. The minimum absolute atomic E-state index is 0.0509. The molecule has 1 saturated heterocycles. The van der Waals surface area contributed by atoms with Gasteiger partial charge in [-0.05, 0) is 55.8 Å². The van der Waals surface area contributed by atoms with Gasteiger partial charge in [-0.2, -0.15) is 0 Å². The minimum atomic E-state index is -0.222. The van der Waals surface area contributed by atoms with Crippen LogP contribution in [0.1, 0.15) is 18.0 Å². The molecule has 3 heterocycles. The van der Waals surface area contributed by atoms with Crippen molar-refractivity contribution in [2.75, 3.05) is 13.1 Å². The van der Waals surface area contributed by atoms with Gasteiger partial charge in [0.15, 0.2) is 0 Å². The fourth-order valence-electron chi connectivity index (χ4n) is 4.46. The van der Waals surface area contributed by atoms with Gasteiger partial charge < -0.3 is 9.88 Å². The molecular weight excluding hydrogens is 381 g/mol. The van der Waals surface area contributed by atoms with Gasteiger partial charge in [0.2, 0.25) is 0 Å². The molecule has 0 radical (unpaired) electrons. The van der Waals surface area contributed by atoms with Crippen LogP contribution in [0, 0.1) is 12.7 Å². The van der Waals surface area contributed by atoms with Crippen LogP contribution in [-0.4, -0.2) is 31.8 Å². The van der Waals surface area contributed by atoms with E-state index in [1.165, 1.54) is 6.07 Å². The van der Waals surface area contributed by atoms with Crippen LogP contribution in [0.15, 0.2) is 47.5 Å². The highest BCUT2D eigenvalue weighted by Gasteiger charge is 2.24. The first kappa shape index (κ1) is 18.8. The van der Waals surface area contributed by atoms with Gasteiger partial charge in [0.25, 0.3) is 0 Å². The van der Waals surface area contributed by atoms with Crippen LogP contribution >= 0.6 is 0 Å². The smallest absolute Gasteiger partial charge is 0.326 e. The summed E-state index contributed by atoms with van der Waals surface area (Å²) in [5.41, 5.74) is 6.00. The number of benzene rings is 2. The summed E-state index contributed by atoms with van der Waals surface area (Å²) >= 11 is 0. The second-order valence-electron chi connectivity index (χ2n) is 8.06. The Morgan fingerprint density at radius 2 is 1.83 bits per heavy atom. The molecule has 7 heteroatoms.